The van der Waals surface area contributed by atoms with Gasteiger partial charge in [-0.15, -0.1) is 0 Å². The molecular weight excluding hydrogens is 262 g/mol. The van der Waals surface area contributed by atoms with Crippen LogP contribution in [0.3, 0.4) is 0 Å². The third-order valence-corrected chi connectivity index (χ3v) is 3.23. The molecule has 1 aliphatic heterocycles. The van der Waals surface area contributed by atoms with Crippen LogP contribution >= 0.6 is 0 Å². The number of rotatable bonds is 2. The van der Waals surface area contributed by atoms with Crippen LogP contribution in [0.15, 0.2) is 18.6 Å². The van der Waals surface area contributed by atoms with Gasteiger partial charge in [-0.1, -0.05) is 0 Å². The number of hydrogen-bond donors (Lipinski definition) is 2. The van der Waals surface area contributed by atoms with Crippen molar-refractivity contribution in [3.05, 3.63) is 24.4 Å². The van der Waals surface area contributed by atoms with Crippen molar-refractivity contribution < 1.29 is 9.59 Å². The predicted octanol–water partition coefficient (Wildman–Crippen LogP) is -0.834. The Hall–Kier alpha value is -2.71. The molecular formula is C11H13N7O2. The number of H-pyrrole nitrogens is 1. The van der Waals surface area contributed by atoms with Gasteiger partial charge in [0.2, 0.25) is 5.82 Å². The number of nitrogens with one attached hydrogen (secondary N) is 2. The van der Waals surface area contributed by atoms with Crippen LogP contribution in [-0.2, 0) is 11.3 Å². The molecule has 104 valence electrons. The van der Waals surface area contributed by atoms with Gasteiger partial charge in [0.1, 0.15) is 18.2 Å². The molecule has 0 fully saturated rings. The molecule has 2 aromatic heterocycles. The van der Waals surface area contributed by atoms with Crippen molar-refractivity contribution in [1.29, 1.82) is 0 Å². The number of nitrogens with zero attached hydrogens (tertiary/aromatic N) is 5. The van der Waals surface area contributed by atoms with E-state index in [1.807, 2.05) is 0 Å². The molecule has 2 amide bonds. The van der Waals surface area contributed by atoms with E-state index < -0.39 is 11.9 Å². The molecule has 0 spiro atoms. The van der Waals surface area contributed by atoms with Crippen LogP contribution in [0.2, 0.25) is 0 Å². The molecule has 1 unspecified atom stereocenters. The quantitative estimate of drug-likeness (QED) is 0.743. The van der Waals surface area contributed by atoms with E-state index in [1.54, 1.807) is 24.0 Å². The normalized spacial score (nSPS) is 18.6. The molecule has 3 heterocycles. The molecule has 0 aromatic carbocycles. The molecule has 2 aromatic rings. The lowest BCUT2D eigenvalue weighted by Gasteiger charge is -2.19. The first-order valence-corrected chi connectivity index (χ1v) is 6.12. The summed E-state index contributed by atoms with van der Waals surface area (Å²) in [6.07, 6.45) is 3.36. The second-order valence-electron chi connectivity index (χ2n) is 4.46. The summed E-state index contributed by atoms with van der Waals surface area (Å²) in [5.74, 6) is 0.166. The van der Waals surface area contributed by atoms with E-state index in [9.17, 15) is 9.59 Å². The van der Waals surface area contributed by atoms with Gasteiger partial charge in [0, 0.05) is 19.7 Å². The second-order valence-corrected chi connectivity index (χ2v) is 4.46. The maximum atomic E-state index is 12.3. The monoisotopic (exact) mass is 275 g/mol. The summed E-state index contributed by atoms with van der Waals surface area (Å²) >= 11 is 0. The summed E-state index contributed by atoms with van der Waals surface area (Å²) < 4.78 is 1.73. The summed E-state index contributed by atoms with van der Waals surface area (Å²) in [5, 5.41) is 12.9. The minimum absolute atomic E-state index is 0.0856. The van der Waals surface area contributed by atoms with E-state index in [0.717, 1.165) is 0 Å². The summed E-state index contributed by atoms with van der Waals surface area (Å²) in [6, 6.07) is 1.15. The van der Waals surface area contributed by atoms with Crippen molar-refractivity contribution in [2.24, 2.45) is 0 Å². The van der Waals surface area contributed by atoms with Crippen molar-refractivity contribution in [1.82, 2.24) is 30.3 Å². The summed E-state index contributed by atoms with van der Waals surface area (Å²) in [7, 11) is 1.66. The Morgan fingerprint density at radius 1 is 1.55 bits per heavy atom. The Balaban J connectivity index is 1.77. The zero-order chi connectivity index (χ0) is 14.1. The van der Waals surface area contributed by atoms with Gasteiger partial charge in [-0.05, 0) is 6.42 Å². The number of hydrogen-bond acceptors (Lipinski definition) is 5. The topological polar surface area (TPSA) is 109 Å². The average Bonchev–Trinajstić information content (AvgIpc) is 3.10. The van der Waals surface area contributed by atoms with Gasteiger partial charge >= 0.3 is 0 Å². The molecule has 0 saturated carbocycles. The number of carbonyl (C=O) groups is 2. The molecule has 1 atom stereocenters. The fourth-order valence-electron chi connectivity index (χ4n) is 2.18. The SMILES string of the molecule is CN1C(=O)C(NC(=O)c2ncn[nH]2)CCn2nccc21. The predicted molar refractivity (Wildman–Crippen MR) is 67.9 cm³/mol. The van der Waals surface area contributed by atoms with Gasteiger partial charge in [-0.3, -0.25) is 19.6 Å². The van der Waals surface area contributed by atoms with Crippen LogP contribution in [0.25, 0.3) is 0 Å². The van der Waals surface area contributed by atoms with Crippen molar-refractivity contribution in [3.8, 4) is 0 Å². The number of aromatic nitrogens is 5. The Morgan fingerprint density at radius 3 is 3.15 bits per heavy atom. The van der Waals surface area contributed by atoms with Crippen molar-refractivity contribution >= 4 is 17.6 Å². The van der Waals surface area contributed by atoms with Crippen molar-refractivity contribution in [2.45, 2.75) is 19.0 Å². The first-order chi connectivity index (χ1) is 9.66. The Labute approximate surface area is 114 Å². The van der Waals surface area contributed by atoms with E-state index in [-0.39, 0.29) is 11.7 Å². The van der Waals surface area contributed by atoms with Crippen LogP contribution in [0.5, 0.6) is 0 Å². The minimum atomic E-state index is -0.612. The van der Waals surface area contributed by atoms with Gasteiger partial charge in [0.25, 0.3) is 11.8 Å². The fourth-order valence-corrected chi connectivity index (χ4v) is 2.18. The highest BCUT2D eigenvalue weighted by Crippen LogP contribution is 2.18. The molecule has 0 bridgehead atoms. The molecule has 1 aliphatic rings. The maximum Gasteiger partial charge on any atom is 0.289 e. The number of fused-ring (bicyclic) bond motifs is 1. The number of amides is 2. The zero-order valence-corrected chi connectivity index (χ0v) is 10.8. The first-order valence-electron chi connectivity index (χ1n) is 6.12. The van der Waals surface area contributed by atoms with Crippen LogP contribution in [0.1, 0.15) is 17.0 Å². The van der Waals surface area contributed by atoms with E-state index >= 15 is 0 Å². The Morgan fingerprint density at radius 2 is 2.40 bits per heavy atom. The maximum absolute atomic E-state index is 12.3. The molecule has 0 radical (unpaired) electrons. The number of carbonyl (C=O) groups excluding carboxylic acids is 2. The van der Waals surface area contributed by atoms with E-state index in [1.165, 1.54) is 11.2 Å². The van der Waals surface area contributed by atoms with Crippen LogP contribution in [0.4, 0.5) is 5.82 Å². The molecule has 20 heavy (non-hydrogen) atoms. The zero-order valence-electron chi connectivity index (χ0n) is 10.8. The largest absolute Gasteiger partial charge is 0.337 e. The molecule has 2 N–H and O–H groups in total. The number of likely N-dealkylation sites (N-methyl/N-ethyl adjacent to an activating group) is 1. The number of anilines is 1. The molecule has 9 heteroatoms. The highest BCUT2D eigenvalue weighted by Gasteiger charge is 2.30. The summed E-state index contributed by atoms with van der Waals surface area (Å²) in [6.45, 7) is 0.555. The van der Waals surface area contributed by atoms with Crippen molar-refractivity contribution in [2.75, 3.05) is 11.9 Å². The van der Waals surface area contributed by atoms with Gasteiger partial charge in [0.15, 0.2) is 0 Å². The number of aryl methyl sites for hydroxylation is 1. The lowest BCUT2D eigenvalue weighted by molar-refractivity contribution is -0.120. The van der Waals surface area contributed by atoms with E-state index in [2.05, 4.69) is 25.6 Å². The van der Waals surface area contributed by atoms with Gasteiger partial charge in [-0.2, -0.15) is 10.2 Å². The lowest BCUT2D eigenvalue weighted by Crippen LogP contribution is -2.47. The van der Waals surface area contributed by atoms with Gasteiger partial charge in [0.05, 0.1) is 6.20 Å². The Kier molecular flexibility index (Phi) is 2.93. The highest BCUT2D eigenvalue weighted by atomic mass is 16.2. The van der Waals surface area contributed by atoms with E-state index in [0.29, 0.717) is 18.8 Å². The van der Waals surface area contributed by atoms with E-state index in [4.69, 9.17) is 0 Å². The average molecular weight is 275 g/mol. The minimum Gasteiger partial charge on any atom is -0.337 e. The molecule has 9 nitrogen and oxygen atoms in total. The smallest absolute Gasteiger partial charge is 0.289 e. The third kappa shape index (κ3) is 2.02. The molecule has 0 aliphatic carbocycles. The molecule has 0 saturated heterocycles. The lowest BCUT2D eigenvalue weighted by atomic mass is 10.2. The molecule has 3 rings (SSSR count). The standard InChI is InChI=1S/C11H13N7O2/c1-17-8-2-4-14-18(8)5-3-7(11(17)20)15-10(19)9-12-6-13-16-9/h2,4,6-7H,3,5H2,1H3,(H,15,19)(H,12,13,16). The summed E-state index contributed by atoms with van der Waals surface area (Å²) in [4.78, 5) is 29.5. The van der Waals surface area contributed by atoms with Crippen LogP contribution < -0.4 is 10.2 Å². The first kappa shape index (κ1) is 12.3. The van der Waals surface area contributed by atoms with Gasteiger partial charge in [-0.25, -0.2) is 9.67 Å². The third-order valence-electron chi connectivity index (χ3n) is 3.23. The highest BCUT2D eigenvalue weighted by molar-refractivity contribution is 6.00. The fraction of sp³-hybridized carbons (Fsp3) is 0.364. The van der Waals surface area contributed by atoms with Crippen molar-refractivity contribution in [3.63, 3.8) is 0 Å². The number of aromatic amines is 1. The second kappa shape index (κ2) is 4.76. The van der Waals surface area contributed by atoms with Crippen LogP contribution in [-0.4, -0.2) is 49.9 Å². The summed E-state index contributed by atoms with van der Waals surface area (Å²) in [5.41, 5.74) is 0. The van der Waals surface area contributed by atoms with Gasteiger partial charge < -0.3 is 5.32 Å². The van der Waals surface area contributed by atoms with Crippen LogP contribution in [0, 0.1) is 0 Å². The Bertz CT molecular complexity index is 633.